The lowest BCUT2D eigenvalue weighted by molar-refractivity contribution is -0.137. The summed E-state index contributed by atoms with van der Waals surface area (Å²) in [6.07, 6.45) is -4.37. The van der Waals surface area contributed by atoms with Crippen molar-refractivity contribution in [2.24, 2.45) is 5.92 Å². The summed E-state index contributed by atoms with van der Waals surface area (Å²) < 4.78 is 50.0. The van der Waals surface area contributed by atoms with E-state index in [9.17, 15) is 18.3 Å². The molecule has 0 aliphatic rings. The molecule has 1 atom stereocenters. The summed E-state index contributed by atoms with van der Waals surface area (Å²) >= 11 is 1.61. The molecular formula is C25H25F3O3S. The Balaban J connectivity index is 1.63. The molecule has 0 bridgehead atoms. The number of ether oxygens (including phenoxy) is 2. The van der Waals surface area contributed by atoms with E-state index in [0.29, 0.717) is 24.7 Å². The third-order valence-electron chi connectivity index (χ3n) is 4.83. The molecule has 3 nitrogen and oxygen atoms in total. The molecule has 0 fully saturated rings. The van der Waals surface area contributed by atoms with E-state index >= 15 is 0 Å². The lowest BCUT2D eigenvalue weighted by Crippen LogP contribution is -2.22. The minimum Gasteiger partial charge on any atom is -0.508 e. The van der Waals surface area contributed by atoms with Crippen molar-refractivity contribution >= 4 is 11.8 Å². The minimum absolute atomic E-state index is 0.0160. The van der Waals surface area contributed by atoms with E-state index in [1.54, 1.807) is 17.8 Å². The normalized spacial score (nSPS) is 12.4. The van der Waals surface area contributed by atoms with Gasteiger partial charge >= 0.3 is 6.18 Å². The van der Waals surface area contributed by atoms with E-state index in [1.807, 2.05) is 50.2 Å². The van der Waals surface area contributed by atoms with E-state index in [1.165, 1.54) is 12.1 Å². The molecule has 170 valence electrons. The number of aromatic hydroxyl groups is 1. The molecule has 3 aromatic carbocycles. The molecule has 1 unspecified atom stereocenters. The van der Waals surface area contributed by atoms with E-state index in [-0.39, 0.29) is 11.7 Å². The molecule has 0 heterocycles. The first-order valence-electron chi connectivity index (χ1n) is 10.1. The quantitative estimate of drug-likeness (QED) is 0.351. The SMILES string of the molecule is Cc1ccc(OCC(COc2ccc(C(F)(F)F)cc2)CSc2ccc(O)c(C)c2)cc1. The van der Waals surface area contributed by atoms with Gasteiger partial charge in [0.15, 0.2) is 0 Å². The second-order valence-electron chi connectivity index (χ2n) is 7.58. The molecule has 1 N–H and O–H groups in total. The maximum Gasteiger partial charge on any atom is 0.416 e. The van der Waals surface area contributed by atoms with Crippen LogP contribution in [0.25, 0.3) is 0 Å². The zero-order valence-corrected chi connectivity index (χ0v) is 18.7. The molecule has 0 aliphatic carbocycles. The highest BCUT2D eigenvalue weighted by Gasteiger charge is 2.30. The molecule has 0 spiro atoms. The Hall–Kier alpha value is -2.80. The highest BCUT2D eigenvalue weighted by atomic mass is 32.2. The Labute approximate surface area is 190 Å². The molecule has 0 aliphatic heterocycles. The van der Waals surface area contributed by atoms with Crippen molar-refractivity contribution in [1.82, 2.24) is 0 Å². The number of hydrogen-bond donors (Lipinski definition) is 1. The molecule has 7 heteroatoms. The smallest absolute Gasteiger partial charge is 0.416 e. The summed E-state index contributed by atoms with van der Waals surface area (Å²) in [7, 11) is 0. The van der Waals surface area contributed by atoms with Crippen molar-refractivity contribution in [3.8, 4) is 17.2 Å². The molecule has 0 saturated heterocycles. The summed E-state index contributed by atoms with van der Waals surface area (Å²) in [4.78, 5) is 1.01. The Bertz CT molecular complexity index is 1000. The number of phenols is 1. The van der Waals surface area contributed by atoms with Crippen LogP contribution in [0.15, 0.2) is 71.6 Å². The van der Waals surface area contributed by atoms with Crippen LogP contribution in [0.2, 0.25) is 0 Å². The third-order valence-corrected chi connectivity index (χ3v) is 6.05. The van der Waals surface area contributed by atoms with Gasteiger partial charge in [-0.3, -0.25) is 0 Å². The Kier molecular flexibility index (Phi) is 7.96. The van der Waals surface area contributed by atoms with Crippen LogP contribution >= 0.6 is 11.8 Å². The summed E-state index contributed by atoms with van der Waals surface area (Å²) in [5.74, 6) is 2.04. The molecule has 0 saturated carbocycles. The van der Waals surface area contributed by atoms with Crippen LogP contribution < -0.4 is 9.47 Å². The molecule has 0 amide bonds. The summed E-state index contributed by atoms with van der Waals surface area (Å²) in [6, 6.07) is 17.9. The maximum absolute atomic E-state index is 12.8. The first-order chi connectivity index (χ1) is 15.2. The van der Waals surface area contributed by atoms with Gasteiger partial charge in [0.05, 0.1) is 18.8 Å². The van der Waals surface area contributed by atoms with Crippen LogP contribution in [0.3, 0.4) is 0 Å². The zero-order valence-electron chi connectivity index (χ0n) is 17.9. The minimum atomic E-state index is -4.37. The van der Waals surface area contributed by atoms with Gasteiger partial charge in [-0.25, -0.2) is 0 Å². The van der Waals surface area contributed by atoms with E-state index < -0.39 is 11.7 Å². The van der Waals surface area contributed by atoms with Gasteiger partial charge < -0.3 is 14.6 Å². The Morgan fingerprint density at radius 3 is 1.94 bits per heavy atom. The number of hydrogen-bond acceptors (Lipinski definition) is 4. The number of phenolic OH excluding ortho intramolecular Hbond substituents is 1. The lowest BCUT2D eigenvalue weighted by Gasteiger charge is -2.19. The van der Waals surface area contributed by atoms with Crippen molar-refractivity contribution in [2.75, 3.05) is 19.0 Å². The molecular weight excluding hydrogens is 437 g/mol. The first-order valence-corrected chi connectivity index (χ1v) is 11.1. The van der Waals surface area contributed by atoms with E-state index in [0.717, 1.165) is 33.9 Å². The van der Waals surface area contributed by atoms with Crippen molar-refractivity contribution in [3.05, 3.63) is 83.4 Å². The standard InChI is InChI=1S/C25H25F3O3S/c1-17-3-7-21(8-4-17)30-14-19(16-32-23-11-12-24(29)18(2)13-23)15-31-22-9-5-20(6-10-22)25(26,27)28/h3-13,19,29H,14-16H2,1-2H3. The van der Waals surface area contributed by atoms with Gasteiger partial charge in [0, 0.05) is 16.6 Å². The summed E-state index contributed by atoms with van der Waals surface area (Å²) in [5.41, 5.74) is 1.23. The van der Waals surface area contributed by atoms with Gasteiger partial charge in [0.25, 0.3) is 0 Å². The number of benzene rings is 3. The van der Waals surface area contributed by atoms with Gasteiger partial charge in [0.1, 0.15) is 17.2 Å². The van der Waals surface area contributed by atoms with Crippen molar-refractivity contribution in [1.29, 1.82) is 0 Å². The maximum atomic E-state index is 12.8. The van der Waals surface area contributed by atoms with E-state index in [2.05, 4.69) is 0 Å². The first kappa shape index (κ1) is 23.9. The second kappa shape index (κ2) is 10.7. The predicted molar refractivity (Wildman–Crippen MR) is 121 cm³/mol. The molecule has 3 aromatic rings. The fraction of sp³-hybridized carbons (Fsp3) is 0.280. The number of alkyl halides is 3. The van der Waals surface area contributed by atoms with Crippen LogP contribution in [-0.4, -0.2) is 24.1 Å². The number of rotatable bonds is 9. The molecule has 0 aromatic heterocycles. The lowest BCUT2D eigenvalue weighted by atomic mass is 10.2. The molecule has 0 radical (unpaired) electrons. The summed E-state index contributed by atoms with van der Waals surface area (Å²) in [5, 5.41) is 9.71. The second-order valence-corrected chi connectivity index (χ2v) is 8.68. The van der Waals surface area contributed by atoms with Gasteiger partial charge in [-0.1, -0.05) is 17.7 Å². The van der Waals surface area contributed by atoms with Crippen LogP contribution in [0.5, 0.6) is 17.2 Å². The van der Waals surface area contributed by atoms with Crippen LogP contribution in [0, 0.1) is 19.8 Å². The number of thioether (sulfide) groups is 1. The van der Waals surface area contributed by atoms with Crippen LogP contribution in [0.1, 0.15) is 16.7 Å². The van der Waals surface area contributed by atoms with Gasteiger partial charge in [-0.2, -0.15) is 13.2 Å². The van der Waals surface area contributed by atoms with Crippen molar-refractivity contribution in [3.63, 3.8) is 0 Å². The van der Waals surface area contributed by atoms with Crippen LogP contribution in [0.4, 0.5) is 13.2 Å². The highest BCUT2D eigenvalue weighted by Crippen LogP contribution is 2.31. The van der Waals surface area contributed by atoms with Gasteiger partial charge in [0.2, 0.25) is 0 Å². The van der Waals surface area contributed by atoms with Crippen molar-refractivity contribution < 1.29 is 27.8 Å². The van der Waals surface area contributed by atoms with Gasteiger partial charge in [-0.15, -0.1) is 11.8 Å². The predicted octanol–water partition coefficient (Wildman–Crippen LogP) is 6.89. The number of aryl methyl sites for hydroxylation is 2. The highest BCUT2D eigenvalue weighted by molar-refractivity contribution is 7.99. The molecule has 32 heavy (non-hydrogen) atoms. The van der Waals surface area contributed by atoms with Crippen LogP contribution in [-0.2, 0) is 6.18 Å². The fourth-order valence-corrected chi connectivity index (χ4v) is 3.92. The largest absolute Gasteiger partial charge is 0.508 e. The zero-order chi connectivity index (χ0) is 23.1. The topological polar surface area (TPSA) is 38.7 Å². The third kappa shape index (κ3) is 7.12. The van der Waals surface area contributed by atoms with E-state index in [4.69, 9.17) is 9.47 Å². The monoisotopic (exact) mass is 462 g/mol. The van der Waals surface area contributed by atoms with Crippen molar-refractivity contribution in [2.45, 2.75) is 24.9 Å². The van der Waals surface area contributed by atoms with Gasteiger partial charge in [-0.05, 0) is 74.0 Å². The number of halogens is 3. The Morgan fingerprint density at radius 1 is 0.844 bits per heavy atom. The Morgan fingerprint density at radius 2 is 1.41 bits per heavy atom. The average molecular weight is 463 g/mol. The average Bonchev–Trinajstić information content (AvgIpc) is 2.76. The fourth-order valence-electron chi connectivity index (χ4n) is 2.88. The molecule has 3 rings (SSSR count). The summed E-state index contributed by atoms with van der Waals surface area (Å²) in [6.45, 7) is 4.53.